The van der Waals surface area contributed by atoms with Gasteiger partial charge in [-0.25, -0.2) is 13.1 Å². The first-order valence-corrected chi connectivity index (χ1v) is 8.99. The van der Waals surface area contributed by atoms with Crippen molar-refractivity contribution in [1.29, 1.82) is 0 Å². The number of hydrogen-bond donors (Lipinski definition) is 1. The average Bonchev–Trinajstić information content (AvgIpc) is 2.54. The van der Waals surface area contributed by atoms with Crippen molar-refractivity contribution in [3.8, 4) is 11.5 Å². The van der Waals surface area contributed by atoms with Gasteiger partial charge in [0.2, 0.25) is 10.0 Å². The molecule has 0 bridgehead atoms. The van der Waals surface area contributed by atoms with Crippen LogP contribution in [0, 0.1) is 0 Å². The molecule has 0 amide bonds. The fraction of sp³-hybridized carbons (Fsp3) is 0.600. The van der Waals surface area contributed by atoms with Gasteiger partial charge < -0.3 is 14.2 Å². The summed E-state index contributed by atoms with van der Waals surface area (Å²) in [7, 11) is -0.628. The van der Waals surface area contributed by atoms with Gasteiger partial charge in [0.05, 0.1) is 32.3 Å². The molecule has 1 aromatic carbocycles. The number of sulfonamides is 1. The van der Waals surface area contributed by atoms with E-state index >= 15 is 0 Å². The highest BCUT2D eigenvalue weighted by Crippen LogP contribution is 2.29. The van der Waals surface area contributed by atoms with Crippen molar-refractivity contribution in [2.45, 2.75) is 17.9 Å². The van der Waals surface area contributed by atoms with Crippen LogP contribution in [-0.2, 0) is 14.8 Å². The Labute approximate surface area is 137 Å². The minimum atomic E-state index is -3.61. The molecule has 23 heavy (non-hydrogen) atoms. The maximum Gasteiger partial charge on any atom is 0.240 e. The lowest BCUT2D eigenvalue weighted by Gasteiger charge is -2.29. The molecule has 0 saturated carbocycles. The highest BCUT2D eigenvalue weighted by Gasteiger charge is 2.21. The van der Waals surface area contributed by atoms with Crippen LogP contribution in [0.5, 0.6) is 11.5 Å². The molecule has 0 aliphatic carbocycles. The smallest absolute Gasteiger partial charge is 0.240 e. The molecule has 1 atom stereocenters. The van der Waals surface area contributed by atoms with Crippen molar-refractivity contribution >= 4 is 10.0 Å². The third-order valence-corrected chi connectivity index (χ3v) is 5.24. The zero-order valence-electron chi connectivity index (χ0n) is 13.7. The molecular weight excluding hydrogens is 320 g/mol. The Morgan fingerprint density at radius 3 is 2.48 bits per heavy atom. The van der Waals surface area contributed by atoms with Crippen molar-refractivity contribution in [3.63, 3.8) is 0 Å². The quantitative estimate of drug-likeness (QED) is 0.785. The van der Waals surface area contributed by atoms with Crippen molar-refractivity contribution < 1.29 is 22.6 Å². The summed E-state index contributed by atoms with van der Waals surface area (Å²) < 4.78 is 43.3. The Morgan fingerprint density at radius 2 is 1.87 bits per heavy atom. The highest BCUT2D eigenvalue weighted by molar-refractivity contribution is 7.89. The molecule has 0 spiro atoms. The average molecular weight is 344 g/mol. The van der Waals surface area contributed by atoms with Crippen molar-refractivity contribution in [2.75, 3.05) is 47.1 Å². The summed E-state index contributed by atoms with van der Waals surface area (Å²) in [6.07, 6.45) is 0. The van der Waals surface area contributed by atoms with E-state index in [-0.39, 0.29) is 10.9 Å². The summed E-state index contributed by atoms with van der Waals surface area (Å²) in [4.78, 5) is 2.34. The molecule has 7 nitrogen and oxygen atoms in total. The number of ether oxygens (including phenoxy) is 3. The molecule has 1 aliphatic rings. The second-order valence-corrected chi connectivity index (χ2v) is 7.17. The Balaban J connectivity index is 2.05. The van der Waals surface area contributed by atoms with Crippen LogP contribution in [0.25, 0.3) is 0 Å². The molecule has 1 aromatic rings. The summed E-state index contributed by atoms with van der Waals surface area (Å²) in [6, 6.07) is 4.35. The second kappa shape index (κ2) is 7.96. The van der Waals surface area contributed by atoms with E-state index in [1.807, 2.05) is 6.92 Å². The summed E-state index contributed by atoms with van der Waals surface area (Å²) in [6.45, 7) is 5.53. The van der Waals surface area contributed by atoms with Crippen LogP contribution < -0.4 is 14.2 Å². The zero-order chi connectivity index (χ0) is 16.9. The van der Waals surface area contributed by atoms with Crippen LogP contribution in [0.3, 0.4) is 0 Å². The van der Waals surface area contributed by atoms with E-state index < -0.39 is 10.0 Å². The molecule has 1 fully saturated rings. The van der Waals surface area contributed by atoms with Gasteiger partial charge in [0, 0.05) is 31.7 Å². The SMILES string of the molecule is COc1ccc(S(=O)(=O)NC(C)CN2CCOCC2)cc1OC. The Bertz CT molecular complexity index is 614. The number of nitrogens with zero attached hydrogens (tertiary/aromatic N) is 1. The first kappa shape index (κ1) is 18.0. The van der Waals surface area contributed by atoms with Crippen LogP contribution in [0.2, 0.25) is 0 Å². The summed E-state index contributed by atoms with van der Waals surface area (Å²) >= 11 is 0. The molecular formula is C15H24N2O5S. The van der Waals surface area contributed by atoms with Crippen LogP contribution in [0.4, 0.5) is 0 Å². The van der Waals surface area contributed by atoms with Crippen LogP contribution in [0.15, 0.2) is 23.1 Å². The van der Waals surface area contributed by atoms with Crippen LogP contribution in [0.1, 0.15) is 6.92 Å². The first-order chi connectivity index (χ1) is 11.0. The van der Waals surface area contributed by atoms with Gasteiger partial charge in [-0.15, -0.1) is 0 Å². The number of hydrogen-bond acceptors (Lipinski definition) is 6. The molecule has 1 N–H and O–H groups in total. The Hall–Kier alpha value is -1.35. The van der Waals surface area contributed by atoms with Crippen molar-refractivity contribution in [1.82, 2.24) is 9.62 Å². The molecule has 1 heterocycles. The summed E-state index contributed by atoms with van der Waals surface area (Å²) in [5.41, 5.74) is 0. The third-order valence-electron chi connectivity index (χ3n) is 3.66. The molecule has 130 valence electrons. The van der Waals surface area contributed by atoms with Gasteiger partial charge in [0.1, 0.15) is 0 Å². The zero-order valence-corrected chi connectivity index (χ0v) is 14.6. The summed E-state index contributed by atoms with van der Waals surface area (Å²) in [5.74, 6) is 0.879. The number of methoxy groups -OCH3 is 2. The van der Waals surface area contributed by atoms with Gasteiger partial charge in [-0.1, -0.05) is 0 Å². The van der Waals surface area contributed by atoms with Gasteiger partial charge in [-0.05, 0) is 19.1 Å². The standard InChI is InChI=1S/C15H24N2O5S/c1-12(11-17-6-8-22-9-7-17)16-23(18,19)13-4-5-14(20-2)15(10-13)21-3/h4-5,10,12,16H,6-9,11H2,1-3H3. The fourth-order valence-corrected chi connectivity index (χ4v) is 3.77. The van der Waals surface area contributed by atoms with E-state index in [1.165, 1.54) is 26.4 Å². The molecule has 1 saturated heterocycles. The maximum absolute atomic E-state index is 12.5. The van der Waals surface area contributed by atoms with Gasteiger partial charge in [0.25, 0.3) is 0 Å². The monoisotopic (exact) mass is 344 g/mol. The number of nitrogens with one attached hydrogen (secondary N) is 1. The first-order valence-electron chi connectivity index (χ1n) is 7.50. The van der Waals surface area contributed by atoms with E-state index in [4.69, 9.17) is 14.2 Å². The summed E-state index contributed by atoms with van der Waals surface area (Å²) in [5, 5.41) is 0. The largest absolute Gasteiger partial charge is 0.493 e. The van der Waals surface area contributed by atoms with E-state index in [0.717, 1.165) is 13.1 Å². The van der Waals surface area contributed by atoms with Gasteiger partial charge in [-0.2, -0.15) is 0 Å². The minimum absolute atomic E-state index is 0.156. The van der Waals surface area contributed by atoms with Crippen LogP contribution in [-0.4, -0.2) is 66.4 Å². The van der Waals surface area contributed by atoms with E-state index in [2.05, 4.69) is 9.62 Å². The van der Waals surface area contributed by atoms with E-state index in [1.54, 1.807) is 6.07 Å². The maximum atomic E-state index is 12.5. The molecule has 1 aliphatic heterocycles. The predicted octanol–water partition coefficient (Wildman–Crippen LogP) is 0.703. The molecule has 2 rings (SSSR count). The topological polar surface area (TPSA) is 77.1 Å². The Morgan fingerprint density at radius 1 is 1.22 bits per heavy atom. The van der Waals surface area contributed by atoms with E-state index in [0.29, 0.717) is 31.3 Å². The molecule has 0 radical (unpaired) electrons. The minimum Gasteiger partial charge on any atom is -0.493 e. The molecule has 0 aromatic heterocycles. The predicted molar refractivity (Wildman–Crippen MR) is 86.6 cm³/mol. The highest BCUT2D eigenvalue weighted by atomic mass is 32.2. The lowest BCUT2D eigenvalue weighted by atomic mass is 10.3. The Kier molecular flexibility index (Phi) is 6.23. The van der Waals surface area contributed by atoms with Gasteiger partial charge >= 0.3 is 0 Å². The van der Waals surface area contributed by atoms with Crippen molar-refractivity contribution in [3.05, 3.63) is 18.2 Å². The number of benzene rings is 1. The lowest BCUT2D eigenvalue weighted by molar-refractivity contribution is 0.0354. The number of rotatable bonds is 7. The van der Waals surface area contributed by atoms with Gasteiger partial charge in [0.15, 0.2) is 11.5 Å². The van der Waals surface area contributed by atoms with Crippen molar-refractivity contribution in [2.24, 2.45) is 0 Å². The van der Waals surface area contributed by atoms with Gasteiger partial charge in [-0.3, -0.25) is 4.90 Å². The lowest BCUT2D eigenvalue weighted by Crippen LogP contribution is -2.45. The third kappa shape index (κ3) is 4.81. The molecule has 8 heteroatoms. The fourth-order valence-electron chi connectivity index (χ4n) is 2.52. The van der Waals surface area contributed by atoms with E-state index in [9.17, 15) is 8.42 Å². The van der Waals surface area contributed by atoms with Crippen LogP contribution >= 0.6 is 0 Å². The number of morpholine rings is 1. The second-order valence-electron chi connectivity index (χ2n) is 5.45. The normalized spacial score (nSPS) is 17.7. The molecule has 1 unspecified atom stereocenters.